The molecule has 0 aliphatic carbocycles. The molecule has 0 aromatic carbocycles. The van der Waals surface area contributed by atoms with E-state index in [2.05, 4.69) is 4.74 Å². The van der Waals surface area contributed by atoms with Gasteiger partial charge in [0.25, 0.3) is 0 Å². The second kappa shape index (κ2) is 10.6. The van der Waals surface area contributed by atoms with Gasteiger partial charge in [-0.05, 0) is 6.42 Å². The van der Waals surface area contributed by atoms with Gasteiger partial charge < -0.3 is 30.0 Å². The Morgan fingerprint density at radius 3 is 1.90 bits per heavy atom. The highest BCUT2D eigenvalue weighted by Crippen LogP contribution is 2.05. The molecule has 0 saturated heterocycles. The van der Waals surface area contributed by atoms with Crippen LogP contribution >= 0.6 is 0 Å². The van der Waals surface area contributed by atoms with Gasteiger partial charge in [0.1, 0.15) is 18.3 Å². The van der Waals surface area contributed by atoms with Gasteiger partial charge in [0.05, 0.1) is 6.61 Å². The van der Waals surface area contributed by atoms with Crippen molar-refractivity contribution in [3.8, 4) is 0 Å². The number of aliphatic hydroxyl groups is 4. The van der Waals surface area contributed by atoms with Crippen LogP contribution < -0.4 is 0 Å². The van der Waals surface area contributed by atoms with Crippen LogP contribution in [0.3, 0.4) is 0 Å². The number of aliphatic hydroxyl groups excluding tert-OH is 4. The standard InChI is InChI=1S/C9H16O7.H2O4S/c1-2-3-16-9(15)8(14)7(13)6(12)5(11)4-10;1-5(2,3)4/h4-8,11-14H,2-3H2,1H3;(H2,1,2,3,4). The molecule has 0 aromatic heterocycles. The zero-order valence-corrected chi connectivity index (χ0v) is 11.8. The molecule has 0 rings (SSSR count). The lowest BCUT2D eigenvalue weighted by molar-refractivity contribution is -0.169. The van der Waals surface area contributed by atoms with E-state index in [1.165, 1.54) is 0 Å². The van der Waals surface area contributed by atoms with E-state index in [0.717, 1.165) is 0 Å². The Bertz CT molecular complexity index is 398. The smallest absolute Gasteiger partial charge is 0.394 e. The first-order chi connectivity index (χ1) is 9.45. The van der Waals surface area contributed by atoms with Gasteiger partial charge in [0.2, 0.25) is 0 Å². The first kappa shape index (κ1) is 22.1. The number of ether oxygens (including phenoxy) is 1. The van der Waals surface area contributed by atoms with E-state index in [0.29, 0.717) is 6.42 Å². The second-order valence-corrected chi connectivity index (χ2v) is 4.56. The summed E-state index contributed by atoms with van der Waals surface area (Å²) >= 11 is 0. The van der Waals surface area contributed by atoms with Gasteiger partial charge in [-0.15, -0.1) is 0 Å². The molecule has 4 unspecified atom stereocenters. The van der Waals surface area contributed by atoms with Crippen molar-refractivity contribution in [2.45, 2.75) is 37.8 Å². The fourth-order valence-corrected chi connectivity index (χ4v) is 0.897. The molecule has 6 N–H and O–H groups in total. The third-order valence-electron chi connectivity index (χ3n) is 1.85. The fraction of sp³-hybridized carbons (Fsp3) is 0.778. The number of carbonyl (C=O) groups is 2. The molecular weight excluding hydrogens is 316 g/mol. The summed E-state index contributed by atoms with van der Waals surface area (Å²) in [5.74, 6) is -1.12. The van der Waals surface area contributed by atoms with Crippen LogP contribution in [0.15, 0.2) is 0 Å². The minimum Gasteiger partial charge on any atom is -0.464 e. The Hall–Kier alpha value is -1.15. The van der Waals surface area contributed by atoms with Crippen LogP contribution in [0.2, 0.25) is 0 Å². The van der Waals surface area contributed by atoms with E-state index in [1.54, 1.807) is 6.92 Å². The SMILES string of the molecule is CCCOC(=O)C(O)C(O)C(O)C(O)C=O.O=S(=O)(O)O. The molecule has 0 amide bonds. The lowest BCUT2D eigenvalue weighted by atomic mass is 10.0. The van der Waals surface area contributed by atoms with Gasteiger partial charge in [-0.3, -0.25) is 9.11 Å². The molecule has 0 spiro atoms. The van der Waals surface area contributed by atoms with E-state index < -0.39 is 40.8 Å². The third-order valence-corrected chi connectivity index (χ3v) is 1.85. The Morgan fingerprint density at radius 2 is 1.57 bits per heavy atom. The summed E-state index contributed by atoms with van der Waals surface area (Å²) in [4.78, 5) is 21.1. The maximum absolute atomic E-state index is 11.0. The lowest BCUT2D eigenvalue weighted by Gasteiger charge is -2.22. The molecule has 21 heavy (non-hydrogen) atoms. The van der Waals surface area contributed by atoms with Gasteiger partial charge in [0, 0.05) is 0 Å². The number of hydrogen-bond acceptors (Lipinski definition) is 9. The summed E-state index contributed by atoms with van der Waals surface area (Å²) in [6.07, 6.45) is -7.28. The number of aldehydes is 1. The predicted molar refractivity (Wildman–Crippen MR) is 65.5 cm³/mol. The number of esters is 1. The van der Waals surface area contributed by atoms with Crippen molar-refractivity contribution in [3.63, 3.8) is 0 Å². The second-order valence-electron chi connectivity index (χ2n) is 3.67. The molecule has 4 atom stereocenters. The van der Waals surface area contributed by atoms with E-state index in [-0.39, 0.29) is 12.9 Å². The highest BCUT2D eigenvalue weighted by molar-refractivity contribution is 7.79. The van der Waals surface area contributed by atoms with Crippen molar-refractivity contribution in [1.82, 2.24) is 0 Å². The average Bonchev–Trinajstić information content (AvgIpc) is 2.39. The molecule has 0 heterocycles. The summed E-state index contributed by atoms with van der Waals surface area (Å²) in [5.41, 5.74) is 0. The molecular formula is C9H18O11S. The first-order valence-corrected chi connectivity index (χ1v) is 6.89. The van der Waals surface area contributed by atoms with Crippen LogP contribution in [0, 0.1) is 0 Å². The maximum Gasteiger partial charge on any atom is 0.394 e. The highest BCUT2D eigenvalue weighted by Gasteiger charge is 2.35. The van der Waals surface area contributed by atoms with Crippen molar-refractivity contribution >= 4 is 22.7 Å². The number of carbonyl (C=O) groups excluding carboxylic acids is 2. The quantitative estimate of drug-likeness (QED) is 0.157. The molecule has 0 radical (unpaired) electrons. The van der Waals surface area contributed by atoms with Crippen molar-refractivity contribution < 1.29 is 52.3 Å². The van der Waals surface area contributed by atoms with Gasteiger partial charge in [0.15, 0.2) is 12.4 Å². The molecule has 0 aromatic rings. The van der Waals surface area contributed by atoms with Crippen LogP contribution in [0.25, 0.3) is 0 Å². The Balaban J connectivity index is 0. The molecule has 126 valence electrons. The third kappa shape index (κ3) is 12.3. The highest BCUT2D eigenvalue weighted by atomic mass is 32.3. The molecule has 11 nitrogen and oxygen atoms in total. The van der Waals surface area contributed by atoms with Gasteiger partial charge in [-0.1, -0.05) is 6.92 Å². The fourth-order valence-electron chi connectivity index (χ4n) is 0.897. The van der Waals surface area contributed by atoms with Crippen LogP contribution in [0.5, 0.6) is 0 Å². The Labute approximate surface area is 120 Å². The summed E-state index contributed by atoms with van der Waals surface area (Å²) in [6, 6.07) is 0. The summed E-state index contributed by atoms with van der Waals surface area (Å²) in [7, 11) is -4.67. The predicted octanol–water partition coefficient (Wildman–Crippen LogP) is -3.07. The molecule has 12 heteroatoms. The van der Waals surface area contributed by atoms with Gasteiger partial charge >= 0.3 is 16.4 Å². The summed E-state index contributed by atoms with van der Waals surface area (Å²) < 4.78 is 36.1. The summed E-state index contributed by atoms with van der Waals surface area (Å²) in [6.45, 7) is 1.80. The van der Waals surface area contributed by atoms with Crippen molar-refractivity contribution in [2.24, 2.45) is 0 Å². The molecule has 0 saturated carbocycles. The maximum atomic E-state index is 11.0. The molecule has 0 aliphatic heterocycles. The van der Waals surface area contributed by atoms with Gasteiger partial charge in [-0.2, -0.15) is 8.42 Å². The van der Waals surface area contributed by atoms with Crippen LogP contribution in [-0.2, 0) is 24.7 Å². The average molecular weight is 334 g/mol. The Morgan fingerprint density at radius 1 is 1.14 bits per heavy atom. The van der Waals surface area contributed by atoms with Crippen molar-refractivity contribution in [2.75, 3.05) is 6.61 Å². The Kier molecular flexibility index (Phi) is 11.1. The number of hydrogen-bond donors (Lipinski definition) is 6. The van der Waals surface area contributed by atoms with Crippen molar-refractivity contribution in [1.29, 1.82) is 0 Å². The minimum absolute atomic E-state index is 0.0159. The summed E-state index contributed by atoms with van der Waals surface area (Å²) in [5, 5.41) is 36.4. The normalized spacial score (nSPS) is 16.7. The lowest BCUT2D eigenvalue weighted by Crippen LogP contribution is -2.48. The van der Waals surface area contributed by atoms with Crippen LogP contribution in [0.1, 0.15) is 13.3 Å². The van der Waals surface area contributed by atoms with E-state index in [4.69, 9.17) is 27.7 Å². The zero-order chi connectivity index (χ0) is 17.2. The van der Waals surface area contributed by atoms with E-state index in [1.807, 2.05) is 0 Å². The first-order valence-electron chi connectivity index (χ1n) is 5.49. The molecule has 0 aliphatic rings. The largest absolute Gasteiger partial charge is 0.464 e. The van der Waals surface area contributed by atoms with Crippen LogP contribution in [0.4, 0.5) is 0 Å². The monoisotopic (exact) mass is 334 g/mol. The van der Waals surface area contributed by atoms with E-state index >= 15 is 0 Å². The van der Waals surface area contributed by atoms with Crippen molar-refractivity contribution in [3.05, 3.63) is 0 Å². The molecule has 0 fully saturated rings. The topological polar surface area (TPSA) is 199 Å². The van der Waals surface area contributed by atoms with E-state index in [9.17, 15) is 19.8 Å². The van der Waals surface area contributed by atoms with Crippen LogP contribution in [-0.4, -0.2) is 81.2 Å². The zero-order valence-electron chi connectivity index (χ0n) is 10.9. The van der Waals surface area contributed by atoms with Gasteiger partial charge in [-0.25, -0.2) is 4.79 Å². The molecule has 0 bridgehead atoms. The minimum atomic E-state index is -4.67. The number of rotatable bonds is 7.